The molecule has 0 atom stereocenters. The number of aryl methyl sites for hydroxylation is 2. The largest absolute Gasteiger partial charge is 0.272 e. The van der Waals surface area contributed by atoms with Crippen LogP contribution in [0.25, 0.3) is 21.5 Å². The first kappa shape index (κ1) is 19.5. The van der Waals surface area contributed by atoms with Crippen LogP contribution in [0.2, 0.25) is 0 Å². The molecular weight excluding hydrogens is 398 g/mol. The average Bonchev–Trinajstić information content (AvgIpc) is 3.36. The fourth-order valence-electron chi connectivity index (χ4n) is 3.14. The third-order valence-electron chi connectivity index (χ3n) is 4.61. The van der Waals surface area contributed by atoms with Gasteiger partial charge in [-0.3, -0.25) is 4.79 Å². The third-order valence-corrected chi connectivity index (χ3v) is 6.68. The van der Waals surface area contributed by atoms with Gasteiger partial charge in [-0.15, -0.1) is 22.7 Å². The Labute approximate surface area is 177 Å². The maximum absolute atomic E-state index is 13.1. The van der Waals surface area contributed by atoms with Crippen LogP contribution in [0.5, 0.6) is 0 Å². The Hall–Kier alpha value is -2.83. The topological polar surface area (TPSA) is 54.4 Å². The normalized spacial score (nSPS) is 11.8. The smallest absolute Gasteiger partial charge is 0.267 e. The van der Waals surface area contributed by atoms with E-state index in [9.17, 15) is 4.79 Å². The lowest BCUT2D eigenvalue weighted by molar-refractivity contribution is 0.0956. The third kappa shape index (κ3) is 4.13. The van der Waals surface area contributed by atoms with Crippen LogP contribution in [0.1, 0.15) is 38.3 Å². The van der Waals surface area contributed by atoms with E-state index in [4.69, 9.17) is 4.98 Å². The number of fused-ring (bicyclic) bond motifs is 1. The Balaban J connectivity index is 1.72. The molecule has 0 fully saturated rings. The second-order valence-electron chi connectivity index (χ2n) is 6.75. The van der Waals surface area contributed by atoms with E-state index in [0.29, 0.717) is 5.56 Å². The van der Waals surface area contributed by atoms with Gasteiger partial charge in [0, 0.05) is 15.1 Å². The quantitative estimate of drug-likeness (QED) is 0.310. The minimum atomic E-state index is -0.225. The van der Waals surface area contributed by atoms with Gasteiger partial charge >= 0.3 is 0 Å². The lowest BCUT2D eigenvalue weighted by Gasteiger charge is -2.09. The molecule has 0 spiro atoms. The van der Waals surface area contributed by atoms with Crippen molar-refractivity contribution in [3.8, 4) is 10.6 Å². The minimum absolute atomic E-state index is 0.225. The summed E-state index contributed by atoms with van der Waals surface area (Å²) in [5, 5.41) is 5.25. The van der Waals surface area contributed by atoms with Crippen LogP contribution in [-0.2, 0) is 0 Å². The first-order valence-electron chi connectivity index (χ1n) is 9.45. The van der Waals surface area contributed by atoms with Crippen molar-refractivity contribution in [2.75, 3.05) is 0 Å². The maximum atomic E-state index is 13.1. The first-order chi connectivity index (χ1) is 14.0. The number of hydrazone groups is 1. The number of amides is 1. The van der Waals surface area contributed by atoms with E-state index in [-0.39, 0.29) is 5.91 Å². The summed E-state index contributed by atoms with van der Waals surface area (Å²) in [6, 6.07) is 17.8. The van der Waals surface area contributed by atoms with Gasteiger partial charge in [0.25, 0.3) is 5.91 Å². The summed E-state index contributed by atoms with van der Waals surface area (Å²) in [5.74, 6) is -0.225. The van der Waals surface area contributed by atoms with E-state index in [1.165, 1.54) is 9.75 Å². The van der Waals surface area contributed by atoms with Crippen LogP contribution in [0, 0.1) is 13.8 Å². The number of nitrogens with one attached hydrogen (secondary N) is 1. The molecule has 146 valence electrons. The van der Waals surface area contributed by atoms with Gasteiger partial charge in [0.2, 0.25) is 0 Å². The van der Waals surface area contributed by atoms with E-state index < -0.39 is 0 Å². The molecule has 29 heavy (non-hydrogen) atoms. The summed E-state index contributed by atoms with van der Waals surface area (Å²) in [7, 11) is 0. The Morgan fingerprint density at radius 3 is 2.48 bits per heavy atom. The van der Waals surface area contributed by atoms with Gasteiger partial charge in [-0.2, -0.15) is 5.10 Å². The number of hydrogen-bond donors (Lipinski definition) is 1. The molecular formula is C23H21N3OS2. The van der Waals surface area contributed by atoms with Crippen LogP contribution in [-0.4, -0.2) is 16.6 Å². The molecule has 3 aromatic heterocycles. The molecule has 0 aliphatic carbocycles. The number of carbonyl (C=O) groups excluding carboxylic acids is 1. The highest BCUT2D eigenvalue weighted by molar-refractivity contribution is 7.15. The van der Waals surface area contributed by atoms with Crippen LogP contribution < -0.4 is 5.43 Å². The summed E-state index contributed by atoms with van der Waals surface area (Å²) in [5.41, 5.74) is 5.83. The number of carbonyl (C=O) groups is 1. The zero-order valence-corrected chi connectivity index (χ0v) is 18.2. The molecule has 3 heterocycles. The van der Waals surface area contributed by atoms with Gasteiger partial charge in [-0.1, -0.05) is 25.1 Å². The van der Waals surface area contributed by atoms with E-state index in [0.717, 1.165) is 38.5 Å². The molecule has 0 radical (unpaired) electrons. The fourth-order valence-corrected chi connectivity index (χ4v) is 4.89. The Kier molecular flexibility index (Phi) is 5.56. The van der Waals surface area contributed by atoms with Gasteiger partial charge in [-0.25, -0.2) is 10.4 Å². The molecule has 0 bridgehead atoms. The highest BCUT2D eigenvalue weighted by Gasteiger charge is 2.15. The van der Waals surface area contributed by atoms with Crippen molar-refractivity contribution in [3.05, 3.63) is 74.8 Å². The van der Waals surface area contributed by atoms with E-state index >= 15 is 0 Å². The van der Waals surface area contributed by atoms with Gasteiger partial charge in [0.15, 0.2) is 0 Å². The van der Waals surface area contributed by atoms with Gasteiger partial charge in [-0.05, 0) is 56.7 Å². The van der Waals surface area contributed by atoms with Crippen LogP contribution in [0.4, 0.5) is 0 Å². The summed E-state index contributed by atoms with van der Waals surface area (Å²) >= 11 is 3.35. The second kappa shape index (κ2) is 8.27. The summed E-state index contributed by atoms with van der Waals surface area (Å²) in [4.78, 5) is 22.4. The summed E-state index contributed by atoms with van der Waals surface area (Å²) in [6.45, 7) is 6.17. The lowest BCUT2D eigenvalue weighted by Crippen LogP contribution is -2.20. The van der Waals surface area contributed by atoms with Crippen LogP contribution >= 0.6 is 22.7 Å². The highest BCUT2D eigenvalue weighted by Crippen LogP contribution is 2.30. The zero-order chi connectivity index (χ0) is 20.4. The summed E-state index contributed by atoms with van der Waals surface area (Å²) in [6.07, 6.45) is 0.747. The predicted molar refractivity (Wildman–Crippen MR) is 123 cm³/mol. The van der Waals surface area contributed by atoms with Gasteiger partial charge < -0.3 is 0 Å². The van der Waals surface area contributed by atoms with E-state index in [1.54, 1.807) is 22.7 Å². The molecule has 0 unspecified atom stereocenters. The van der Waals surface area contributed by atoms with Crippen molar-refractivity contribution in [1.29, 1.82) is 0 Å². The first-order valence-corrected chi connectivity index (χ1v) is 11.1. The Morgan fingerprint density at radius 2 is 1.79 bits per heavy atom. The number of rotatable bonds is 5. The van der Waals surface area contributed by atoms with Crippen molar-refractivity contribution in [2.45, 2.75) is 27.2 Å². The molecule has 6 heteroatoms. The van der Waals surface area contributed by atoms with Gasteiger partial charge in [0.1, 0.15) is 0 Å². The molecule has 4 aromatic rings. The summed E-state index contributed by atoms with van der Waals surface area (Å²) < 4.78 is 0. The molecule has 0 saturated heterocycles. The fraction of sp³-hybridized carbons (Fsp3) is 0.174. The molecule has 1 amide bonds. The van der Waals surface area contributed by atoms with Gasteiger partial charge in [0.05, 0.1) is 32.2 Å². The number of thiophene rings is 2. The van der Waals surface area contributed by atoms with E-state index in [1.807, 2.05) is 49.4 Å². The molecule has 4 rings (SSSR count). The Bertz CT molecular complexity index is 1220. The van der Waals surface area contributed by atoms with Crippen LogP contribution in [0.3, 0.4) is 0 Å². The standard InChI is InChI=1S/C23H21N3OS2/c1-4-18(21-11-9-14(2)28-21)25-26-23(27)17-13-20(22-12-10-15(3)29-22)24-19-8-6-5-7-16(17)19/h5-13H,4H2,1-3H3,(H,26,27)/b25-18+. The van der Waals surface area contributed by atoms with Crippen molar-refractivity contribution in [2.24, 2.45) is 5.10 Å². The average molecular weight is 420 g/mol. The van der Waals surface area contributed by atoms with E-state index in [2.05, 4.69) is 36.5 Å². The molecule has 4 nitrogen and oxygen atoms in total. The molecule has 0 aliphatic heterocycles. The molecule has 1 N–H and O–H groups in total. The SMILES string of the molecule is CC/C(=N\NC(=O)c1cc(-c2ccc(C)s2)nc2ccccc12)c1ccc(C)s1. The minimum Gasteiger partial charge on any atom is -0.267 e. The lowest BCUT2D eigenvalue weighted by atomic mass is 10.1. The van der Waals surface area contributed by atoms with Crippen molar-refractivity contribution in [1.82, 2.24) is 10.4 Å². The van der Waals surface area contributed by atoms with Crippen molar-refractivity contribution < 1.29 is 4.79 Å². The number of para-hydroxylation sites is 1. The molecule has 0 saturated carbocycles. The second-order valence-corrected chi connectivity index (χ2v) is 9.32. The molecule has 1 aromatic carbocycles. The number of pyridine rings is 1. The highest BCUT2D eigenvalue weighted by atomic mass is 32.1. The zero-order valence-electron chi connectivity index (χ0n) is 16.5. The van der Waals surface area contributed by atoms with Crippen LogP contribution in [0.15, 0.2) is 59.7 Å². The predicted octanol–water partition coefficient (Wildman–Crippen LogP) is 6.19. The number of aromatic nitrogens is 1. The monoisotopic (exact) mass is 419 g/mol. The Morgan fingerprint density at radius 1 is 1.03 bits per heavy atom. The molecule has 0 aliphatic rings. The van der Waals surface area contributed by atoms with Crippen molar-refractivity contribution >= 4 is 45.2 Å². The number of nitrogens with zero attached hydrogens (tertiary/aromatic N) is 2. The van der Waals surface area contributed by atoms with Crippen molar-refractivity contribution in [3.63, 3.8) is 0 Å². The number of hydrogen-bond acceptors (Lipinski definition) is 5. The maximum Gasteiger partial charge on any atom is 0.272 e. The number of benzene rings is 1.